The van der Waals surface area contributed by atoms with Crippen molar-refractivity contribution in [1.82, 2.24) is 14.9 Å². The molecule has 1 aromatic carbocycles. The zero-order valence-electron chi connectivity index (χ0n) is 11.2. The van der Waals surface area contributed by atoms with Crippen LogP contribution in [0.2, 0.25) is 0 Å². The summed E-state index contributed by atoms with van der Waals surface area (Å²) in [7, 11) is 1.93. The molecule has 0 spiro atoms. The van der Waals surface area contributed by atoms with Gasteiger partial charge >= 0.3 is 0 Å². The lowest BCUT2D eigenvalue weighted by Gasteiger charge is -2.15. The van der Waals surface area contributed by atoms with Crippen LogP contribution in [0.3, 0.4) is 0 Å². The second-order valence-corrected chi connectivity index (χ2v) is 5.29. The number of nitrogens with one attached hydrogen (secondary N) is 1. The van der Waals surface area contributed by atoms with Gasteiger partial charge < -0.3 is 5.32 Å². The van der Waals surface area contributed by atoms with Crippen molar-refractivity contribution in [1.29, 1.82) is 0 Å². The Kier molecular flexibility index (Phi) is 4.99. The molecule has 0 saturated heterocycles. The van der Waals surface area contributed by atoms with Crippen molar-refractivity contribution in [3.05, 3.63) is 46.2 Å². The predicted octanol–water partition coefficient (Wildman–Crippen LogP) is 3.13. The minimum atomic E-state index is -0.198. The maximum absolute atomic E-state index is 12.9. The Morgan fingerprint density at radius 3 is 2.68 bits per heavy atom. The average Bonchev–Trinajstić information content (AvgIpc) is 2.87. The third-order valence-electron chi connectivity index (χ3n) is 3.09. The highest BCUT2D eigenvalue weighted by Crippen LogP contribution is 2.24. The molecule has 102 valence electrons. The first-order valence-corrected chi connectivity index (χ1v) is 7.24. The Labute approximate surface area is 117 Å². The molecule has 3 nitrogen and oxygen atoms in total. The van der Waals surface area contributed by atoms with Crippen LogP contribution in [-0.2, 0) is 12.8 Å². The molecule has 0 amide bonds. The molecule has 19 heavy (non-hydrogen) atoms. The molecule has 0 radical (unpaired) electrons. The van der Waals surface area contributed by atoms with Crippen molar-refractivity contribution in [3.8, 4) is 0 Å². The highest BCUT2D eigenvalue weighted by atomic mass is 32.1. The van der Waals surface area contributed by atoms with E-state index in [1.807, 2.05) is 19.2 Å². The molecule has 5 heteroatoms. The smallest absolute Gasteiger partial charge is 0.123 e. The summed E-state index contributed by atoms with van der Waals surface area (Å²) in [5.74, 6) is -0.198. The number of nitrogens with zero attached hydrogens (tertiary/aromatic N) is 2. The van der Waals surface area contributed by atoms with E-state index in [4.69, 9.17) is 0 Å². The van der Waals surface area contributed by atoms with Gasteiger partial charge in [-0.1, -0.05) is 30.0 Å². The quantitative estimate of drug-likeness (QED) is 0.882. The van der Waals surface area contributed by atoms with Gasteiger partial charge in [0.15, 0.2) is 0 Å². The van der Waals surface area contributed by atoms with Crippen LogP contribution in [-0.4, -0.2) is 16.6 Å². The molecular weight excluding hydrogens is 261 g/mol. The maximum atomic E-state index is 12.9. The van der Waals surface area contributed by atoms with Gasteiger partial charge in [-0.3, -0.25) is 0 Å². The topological polar surface area (TPSA) is 37.8 Å². The van der Waals surface area contributed by atoms with Crippen molar-refractivity contribution >= 4 is 11.5 Å². The first-order valence-electron chi connectivity index (χ1n) is 6.47. The Morgan fingerprint density at radius 1 is 1.32 bits per heavy atom. The Morgan fingerprint density at radius 2 is 2.05 bits per heavy atom. The summed E-state index contributed by atoms with van der Waals surface area (Å²) in [6.45, 7) is 2.14. The van der Waals surface area contributed by atoms with Crippen molar-refractivity contribution in [2.75, 3.05) is 7.05 Å². The molecule has 2 rings (SSSR count). The van der Waals surface area contributed by atoms with Crippen molar-refractivity contribution in [2.24, 2.45) is 0 Å². The SMILES string of the molecule is CCCc1nnsc1C(Cc1ccc(F)cc1)NC. The first kappa shape index (κ1) is 14.1. The highest BCUT2D eigenvalue weighted by Gasteiger charge is 2.17. The van der Waals surface area contributed by atoms with Crippen molar-refractivity contribution in [3.63, 3.8) is 0 Å². The zero-order chi connectivity index (χ0) is 13.7. The van der Waals surface area contributed by atoms with Gasteiger partial charge in [0.05, 0.1) is 10.6 Å². The molecule has 1 unspecified atom stereocenters. The molecular formula is C14H18FN3S. The summed E-state index contributed by atoms with van der Waals surface area (Å²) >= 11 is 1.45. The van der Waals surface area contributed by atoms with Gasteiger partial charge in [-0.2, -0.15) is 0 Å². The Bertz CT molecular complexity index is 510. The lowest BCUT2D eigenvalue weighted by atomic mass is 10.0. The van der Waals surface area contributed by atoms with E-state index in [9.17, 15) is 4.39 Å². The summed E-state index contributed by atoms with van der Waals surface area (Å²) in [4.78, 5) is 1.19. The third-order valence-corrected chi connectivity index (χ3v) is 3.97. The van der Waals surface area contributed by atoms with Gasteiger partial charge in [-0.05, 0) is 49.1 Å². The lowest BCUT2D eigenvalue weighted by molar-refractivity contribution is 0.590. The number of hydrogen-bond donors (Lipinski definition) is 1. The fourth-order valence-corrected chi connectivity index (χ4v) is 2.88. The van der Waals surface area contributed by atoms with Crippen molar-refractivity contribution < 1.29 is 4.39 Å². The minimum absolute atomic E-state index is 0.187. The fraction of sp³-hybridized carbons (Fsp3) is 0.429. The van der Waals surface area contributed by atoms with Gasteiger partial charge in [0, 0.05) is 6.04 Å². The number of rotatable bonds is 6. The summed E-state index contributed by atoms with van der Waals surface area (Å²) in [5, 5.41) is 7.50. The second kappa shape index (κ2) is 6.73. The van der Waals surface area contributed by atoms with E-state index >= 15 is 0 Å². The van der Waals surface area contributed by atoms with Crippen LogP contribution in [0.5, 0.6) is 0 Å². The predicted molar refractivity (Wildman–Crippen MR) is 75.8 cm³/mol. The largest absolute Gasteiger partial charge is 0.312 e. The summed E-state index contributed by atoms with van der Waals surface area (Å²) in [6, 6.07) is 6.84. The molecule has 2 aromatic rings. The minimum Gasteiger partial charge on any atom is -0.312 e. The van der Waals surface area contributed by atoms with E-state index < -0.39 is 0 Å². The molecule has 0 bridgehead atoms. The summed E-state index contributed by atoms with van der Waals surface area (Å²) < 4.78 is 17.0. The van der Waals surface area contributed by atoms with E-state index in [0.717, 1.165) is 30.5 Å². The Balaban J connectivity index is 2.15. The van der Waals surface area contributed by atoms with Gasteiger partial charge in [0.25, 0.3) is 0 Å². The number of benzene rings is 1. The molecule has 0 aliphatic heterocycles. The van der Waals surface area contributed by atoms with Gasteiger partial charge in [0.1, 0.15) is 5.82 Å². The van der Waals surface area contributed by atoms with Crippen LogP contribution >= 0.6 is 11.5 Å². The molecule has 1 aromatic heterocycles. The number of aromatic nitrogens is 2. The van der Waals surface area contributed by atoms with Crippen LogP contribution in [0, 0.1) is 5.82 Å². The number of likely N-dealkylation sites (N-methyl/N-ethyl adjacent to an activating group) is 1. The highest BCUT2D eigenvalue weighted by molar-refractivity contribution is 7.05. The maximum Gasteiger partial charge on any atom is 0.123 e. The average molecular weight is 279 g/mol. The van der Waals surface area contributed by atoms with Gasteiger partial charge in [-0.15, -0.1) is 5.10 Å². The summed E-state index contributed by atoms with van der Waals surface area (Å²) in [5.41, 5.74) is 2.19. The van der Waals surface area contributed by atoms with E-state index in [1.165, 1.54) is 28.5 Å². The number of hydrogen-bond acceptors (Lipinski definition) is 4. The number of halogens is 1. The zero-order valence-corrected chi connectivity index (χ0v) is 12.0. The van der Waals surface area contributed by atoms with Crippen LogP contribution in [0.1, 0.15) is 35.5 Å². The number of aryl methyl sites for hydroxylation is 1. The van der Waals surface area contributed by atoms with E-state index in [1.54, 1.807) is 0 Å². The Hall–Kier alpha value is -1.33. The van der Waals surface area contributed by atoms with E-state index in [0.29, 0.717) is 0 Å². The monoisotopic (exact) mass is 279 g/mol. The van der Waals surface area contributed by atoms with Gasteiger partial charge in [0.2, 0.25) is 0 Å². The second-order valence-electron chi connectivity index (χ2n) is 4.51. The molecule has 0 aliphatic rings. The van der Waals surface area contributed by atoms with Crippen LogP contribution in [0.25, 0.3) is 0 Å². The van der Waals surface area contributed by atoms with E-state index in [2.05, 4.69) is 21.8 Å². The normalized spacial score (nSPS) is 12.6. The van der Waals surface area contributed by atoms with Crippen LogP contribution in [0.15, 0.2) is 24.3 Å². The fourth-order valence-electron chi connectivity index (χ4n) is 2.07. The molecule has 0 saturated carbocycles. The van der Waals surface area contributed by atoms with Crippen LogP contribution < -0.4 is 5.32 Å². The summed E-state index contributed by atoms with van der Waals surface area (Å²) in [6.07, 6.45) is 2.83. The molecule has 1 N–H and O–H groups in total. The van der Waals surface area contributed by atoms with E-state index in [-0.39, 0.29) is 11.9 Å². The third kappa shape index (κ3) is 3.58. The molecule has 1 atom stereocenters. The molecule has 0 aliphatic carbocycles. The molecule has 1 heterocycles. The van der Waals surface area contributed by atoms with Gasteiger partial charge in [-0.25, -0.2) is 4.39 Å². The lowest BCUT2D eigenvalue weighted by Crippen LogP contribution is -2.19. The van der Waals surface area contributed by atoms with Crippen molar-refractivity contribution in [2.45, 2.75) is 32.2 Å². The first-order chi connectivity index (χ1) is 9.24. The molecule has 0 fully saturated rings. The van der Waals surface area contributed by atoms with Crippen LogP contribution in [0.4, 0.5) is 4.39 Å². The standard InChI is InChI=1S/C14H18FN3S/c1-3-4-12-14(19-18-17-12)13(16-2)9-10-5-7-11(15)8-6-10/h5-8,13,16H,3-4,9H2,1-2H3.